The standard InChI is InChI=1S/C17H25N5O2S3/c1-13-10-19-15(25-13)12-21-17(18-2)20-11-14-6-7-16(26-14)27(23,24)22-8-4-3-5-9-22/h6-7,10H,3-5,8-9,11-12H2,1-2H3,(H2,18,20,21). The maximum atomic E-state index is 12.7. The number of aromatic nitrogens is 1. The number of guanidine groups is 1. The van der Waals surface area contributed by atoms with Crippen LogP contribution in [0.25, 0.3) is 0 Å². The minimum absolute atomic E-state index is 0.419. The van der Waals surface area contributed by atoms with E-state index in [0.29, 0.717) is 36.3 Å². The van der Waals surface area contributed by atoms with E-state index in [1.807, 2.05) is 19.2 Å². The quantitative estimate of drug-likeness (QED) is 0.547. The molecule has 0 saturated carbocycles. The molecule has 0 atom stereocenters. The Hall–Kier alpha value is -1.49. The second-order valence-corrected chi connectivity index (χ2v) is 11.0. The van der Waals surface area contributed by atoms with E-state index >= 15 is 0 Å². The number of rotatable bonds is 6. The van der Waals surface area contributed by atoms with Gasteiger partial charge in [0.15, 0.2) is 5.96 Å². The largest absolute Gasteiger partial charge is 0.352 e. The summed E-state index contributed by atoms with van der Waals surface area (Å²) in [4.78, 5) is 10.7. The Bertz CT molecular complexity index is 882. The minimum Gasteiger partial charge on any atom is -0.352 e. The third-order valence-corrected chi connectivity index (χ3v) is 8.64. The number of piperidine rings is 1. The van der Waals surface area contributed by atoms with Crippen molar-refractivity contribution < 1.29 is 8.42 Å². The highest BCUT2D eigenvalue weighted by molar-refractivity contribution is 7.91. The summed E-state index contributed by atoms with van der Waals surface area (Å²) in [5, 5.41) is 7.45. The van der Waals surface area contributed by atoms with Crippen LogP contribution >= 0.6 is 22.7 Å². The molecule has 1 fully saturated rings. The second-order valence-electron chi connectivity index (χ2n) is 6.33. The van der Waals surface area contributed by atoms with Gasteiger partial charge in [-0.25, -0.2) is 13.4 Å². The van der Waals surface area contributed by atoms with Gasteiger partial charge in [0.2, 0.25) is 0 Å². The van der Waals surface area contributed by atoms with E-state index in [4.69, 9.17) is 0 Å². The predicted molar refractivity (Wildman–Crippen MR) is 111 cm³/mol. The first-order valence-corrected chi connectivity index (χ1v) is 12.0. The van der Waals surface area contributed by atoms with Crippen molar-refractivity contribution in [3.8, 4) is 0 Å². The number of nitrogens with zero attached hydrogens (tertiary/aromatic N) is 3. The van der Waals surface area contributed by atoms with Crippen molar-refractivity contribution in [1.29, 1.82) is 0 Å². The summed E-state index contributed by atoms with van der Waals surface area (Å²) in [6.45, 7) is 4.41. The number of nitrogens with one attached hydrogen (secondary N) is 2. The number of thiazole rings is 1. The first kappa shape index (κ1) is 20.2. The third kappa shape index (κ3) is 5.28. The number of aryl methyl sites for hydroxylation is 1. The van der Waals surface area contributed by atoms with Crippen LogP contribution in [0.5, 0.6) is 0 Å². The summed E-state index contributed by atoms with van der Waals surface area (Å²) in [6.07, 6.45) is 4.85. The molecule has 0 aromatic carbocycles. The van der Waals surface area contributed by atoms with E-state index in [1.165, 1.54) is 16.2 Å². The van der Waals surface area contributed by atoms with E-state index in [2.05, 4.69) is 20.6 Å². The molecule has 0 bridgehead atoms. The molecule has 7 nitrogen and oxygen atoms in total. The van der Waals surface area contributed by atoms with E-state index < -0.39 is 10.0 Å². The van der Waals surface area contributed by atoms with Gasteiger partial charge in [-0.1, -0.05) is 6.42 Å². The lowest BCUT2D eigenvalue weighted by Crippen LogP contribution is -2.36. The zero-order valence-electron chi connectivity index (χ0n) is 15.6. The summed E-state index contributed by atoms with van der Waals surface area (Å²) in [5.74, 6) is 0.664. The number of aliphatic imine (C=N–C) groups is 1. The lowest BCUT2D eigenvalue weighted by atomic mass is 10.2. The molecular formula is C17H25N5O2S3. The van der Waals surface area contributed by atoms with Gasteiger partial charge in [-0.05, 0) is 31.9 Å². The predicted octanol–water partition coefficient (Wildman–Crippen LogP) is 2.55. The van der Waals surface area contributed by atoms with Gasteiger partial charge < -0.3 is 10.6 Å². The van der Waals surface area contributed by atoms with Gasteiger partial charge in [0.1, 0.15) is 9.22 Å². The second kappa shape index (κ2) is 9.13. The van der Waals surface area contributed by atoms with Crippen LogP contribution in [0.3, 0.4) is 0 Å². The lowest BCUT2D eigenvalue weighted by Gasteiger charge is -2.25. The number of sulfonamides is 1. The first-order valence-electron chi connectivity index (χ1n) is 8.94. The summed E-state index contributed by atoms with van der Waals surface area (Å²) in [5.41, 5.74) is 0. The molecule has 1 aliphatic heterocycles. The highest BCUT2D eigenvalue weighted by Gasteiger charge is 2.27. The fourth-order valence-electron chi connectivity index (χ4n) is 2.86. The van der Waals surface area contributed by atoms with E-state index in [1.54, 1.807) is 28.8 Å². The van der Waals surface area contributed by atoms with Crippen LogP contribution in [0, 0.1) is 6.92 Å². The van der Waals surface area contributed by atoms with Crippen LogP contribution in [-0.2, 0) is 23.1 Å². The lowest BCUT2D eigenvalue weighted by molar-refractivity contribution is 0.347. The number of hydrogen-bond acceptors (Lipinski definition) is 6. The Kier molecular flexibility index (Phi) is 6.85. The highest BCUT2D eigenvalue weighted by Crippen LogP contribution is 2.27. The van der Waals surface area contributed by atoms with Gasteiger partial charge in [-0.3, -0.25) is 4.99 Å². The third-order valence-electron chi connectivity index (χ3n) is 4.28. The number of hydrogen-bond donors (Lipinski definition) is 2. The van der Waals surface area contributed by atoms with Gasteiger partial charge in [-0.2, -0.15) is 4.31 Å². The molecule has 3 heterocycles. The summed E-state index contributed by atoms with van der Waals surface area (Å²) >= 11 is 2.97. The zero-order chi connectivity index (χ0) is 19.3. The maximum absolute atomic E-state index is 12.7. The molecule has 27 heavy (non-hydrogen) atoms. The van der Waals surface area contributed by atoms with Gasteiger partial charge in [0.05, 0.1) is 13.1 Å². The molecule has 148 valence electrons. The normalized spacial score (nSPS) is 16.4. The average Bonchev–Trinajstić information content (AvgIpc) is 3.32. The fraction of sp³-hybridized carbons (Fsp3) is 0.529. The van der Waals surface area contributed by atoms with Crippen LogP contribution in [0.15, 0.2) is 27.5 Å². The molecule has 0 unspecified atom stereocenters. The van der Waals surface area contributed by atoms with E-state index in [0.717, 1.165) is 29.1 Å². The van der Waals surface area contributed by atoms with Crippen molar-refractivity contribution in [2.45, 2.75) is 43.5 Å². The Balaban J connectivity index is 1.55. The monoisotopic (exact) mass is 427 g/mol. The molecular weight excluding hydrogens is 402 g/mol. The maximum Gasteiger partial charge on any atom is 0.252 e. The Morgan fingerprint density at radius 3 is 2.59 bits per heavy atom. The summed E-state index contributed by atoms with van der Waals surface area (Å²) < 4.78 is 27.5. The van der Waals surface area contributed by atoms with E-state index in [-0.39, 0.29) is 0 Å². The summed E-state index contributed by atoms with van der Waals surface area (Å²) in [6, 6.07) is 3.58. The van der Waals surface area contributed by atoms with Crippen LogP contribution in [0.4, 0.5) is 0 Å². The van der Waals surface area contributed by atoms with Gasteiger partial charge >= 0.3 is 0 Å². The Labute approximate surface area is 168 Å². The Morgan fingerprint density at radius 2 is 1.93 bits per heavy atom. The van der Waals surface area contributed by atoms with Crippen LogP contribution in [0.1, 0.15) is 34.0 Å². The molecule has 0 amide bonds. The molecule has 2 aromatic heterocycles. The van der Waals surface area contributed by atoms with Crippen molar-refractivity contribution in [2.24, 2.45) is 4.99 Å². The van der Waals surface area contributed by atoms with Gasteiger partial charge in [0.25, 0.3) is 10.0 Å². The van der Waals surface area contributed by atoms with Crippen LogP contribution < -0.4 is 10.6 Å². The fourth-order valence-corrected chi connectivity index (χ4v) is 6.55. The molecule has 0 radical (unpaired) electrons. The molecule has 10 heteroatoms. The SMILES string of the molecule is CN=C(NCc1ccc(S(=O)(=O)N2CCCCC2)s1)NCc1ncc(C)s1. The smallest absolute Gasteiger partial charge is 0.252 e. The zero-order valence-corrected chi connectivity index (χ0v) is 18.0. The van der Waals surface area contributed by atoms with Gasteiger partial charge in [-0.15, -0.1) is 22.7 Å². The molecule has 1 saturated heterocycles. The Morgan fingerprint density at radius 1 is 1.19 bits per heavy atom. The molecule has 1 aliphatic rings. The van der Waals surface area contributed by atoms with Crippen LogP contribution in [-0.4, -0.2) is 43.8 Å². The minimum atomic E-state index is -3.36. The summed E-state index contributed by atoms with van der Waals surface area (Å²) in [7, 11) is -1.65. The number of thiophene rings is 1. The van der Waals surface area contributed by atoms with Crippen molar-refractivity contribution in [1.82, 2.24) is 19.9 Å². The van der Waals surface area contributed by atoms with Crippen LogP contribution in [0.2, 0.25) is 0 Å². The highest BCUT2D eigenvalue weighted by atomic mass is 32.2. The van der Waals surface area contributed by atoms with Crippen molar-refractivity contribution in [2.75, 3.05) is 20.1 Å². The average molecular weight is 428 g/mol. The molecule has 0 aliphatic carbocycles. The van der Waals surface area contributed by atoms with Crippen molar-refractivity contribution in [3.05, 3.63) is 33.1 Å². The first-order chi connectivity index (χ1) is 13.0. The molecule has 0 spiro atoms. The topological polar surface area (TPSA) is 86.7 Å². The van der Waals surface area contributed by atoms with Crippen molar-refractivity contribution >= 4 is 38.7 Å². The van der Waals surface area contributed by atoms with E-state index in [9.17, 15) is 8.42 Å². The molecule has 2 N–H and O–H groups in total. The molecule has 2 aromatic rings. The van der Waals surface area contributed by atoms with Gasteiger partial charge in [0, 0.05) is 36.1 Å². The molecule has 3 rings (SSSR count). The van der Waals surface area contributed by atoms with Crippen molar-refractivity contribution in [3.63, 3.8) is 0 Å².